The molecular formula is C16H16BrClFN. The summed E-state index contributed by atoms with van der Waals surface area (Å²) < 4.78 is 14.7. The van der Waals surface area contributed by atoms with E-state index in [0.29, 0.717) is 17.0 Å². The van der Waals surface area contributed by atoms with E-state index in [1.54, 1.807) is 6.07 Å². The van der Waals surface area contributed by atoms with Crippen molar-refractivity contribution in [3.8, 4) is 0 Å². The van der Waals surface area contributed by atoms with Crippen LogP contribution in [-0.2, 0) is 6.42 Å². The van der Waals surface area contributed by atoms with Crippen molar-refractivity contribution in [1.29, 1.82) is 0 Å². The van der Waals surface area contributed by atoms with E-state index in [1.165, 1.54) is 6.07 Å². The molecule has 0 aliphatic heterocycles. The molecule has 0 radical (unpaired) electrons. The fourth-order valence-electron chi connectivity index (χ4n) is 2.26. The highest BCUT2D eigenvalue weighted by molar-refractivity contribution is 9.10. The van der Waals surface area contributed by atoms with Crippen LogP contribution in [-0.4, -0.2) is 7.05 Å². The van der Waals surface area contributed by atoms with E-state index in [0.717, 1.165) is 15.6 Å². The summed E-state index contributed by atoms with van der Waals surface area (Å²) in [5.74, 6) is -0.196. The molecule has 0 aliphatic rings. The van der Waals surface area contributed by atoms with E-state index >= 15 is 0 Å². The molecule has 0 amide bonds. The van der Waals surface area contributed by atoms with Crippen molar-refractivity contribution in [2.75, 3.05) is 7.05 Å². The zero-order chi connectivity index (χ0) is 14.7. The third kappa shape index (κ3) is 3.81. The molecule has 1 atom stereocenters. The highest BCUT2D eigenvalue weighted by Gasteiger charge is 2.14. The van der Waals surface area contributed by atoms with Crippen LogP contribution in [0.2, 0.25) is 5.02 Å². The molecule has 0 spiro atoms. The van der Waals surface area contributed by atoms with Crippen molar-refractivity contribution in [3.63, 3.8) is 0 Å². The Morgan fingerprint density at radius 2 is 2.00 bits per heavy atom. The van der Waals surface area contributed by atoms with Gasteiger partial charge in [-0.15, -0.1) is 0 Å². The summed E-state index contributed by atoms with van der Waals surface area (Å²) in [6, 6.07) is 11.1. The molecule has 1 N–H and O–H groups in total. The van der Waals surface area contributed by atoms with E-state index in [2.05, 4.69) is 27.3 Å². The maximum atomic E-state index is 13.9. The van der Waals surface area contributed by atoms with Gasteiger partial charge in [-0.25, -0.2) is 4.39 Å². The molecule has 0 bridgehead atoms. The molecule has 1 nitrogen and oxygen atoms in total. The number of rotatable bonds is 4. The summed E-state index contributed by atoms with van der Waals surface area (Å²) in [6.45, 7) is 2.00. The lowest BCUT2D eigenvalue weighted by Crippen LogP contribution is -2.19. The smallest absolute Gasteiger partial charge is 0.127 e. The molecule has 0 saturated heterocycles. The summed E-state index contributed by atoms with van der Waals surface area (Å²) in [5, 5.41) is 3.93. The van der Waals surface area contributed by atoms with Crippen LogP contribution >= 0.6 is 27.5 Å². The summed E-state index contributed by atoms with van der Waals surface area (Å²) in [6.07, 6.45) is 0.579. The lowest BCUT2D eigenvalue weighted by atomic mass is 9.97. The second kappa shape index (κ2) is 6.70. The third-order valence-corrected chi connectivity index (χ3v) is 3.97. The summed E-state index contributed by atoms with van der Waals surface area (Å²) in [5.41, 5.74) is 2.86. The molecule has 2 aromatic rings. The maximum absolute atomic E-state index is 13.9. The minimum atomic E-state index is -0.196. The fourth-order valence-corrected chi connectivity index (χ4v) is 2.89. The average Bonchev–Trinajstić information content (AvgIpc) is 2.36. The average molecular weight is 357 g/mol. The van der Waals surface area contributed by atoms with Crippen molar-refractivity contribution in [1.82, 2.24) is 5.32 Å². The topological polar surface area (TPSA) is 12.0 Å². The first-order chi connectivity index (χ1) is 9.49. The Kier molecular flexibility index (Phi) is 5.19. The van der Waals surface area contributed by atoms with Gasteiger partial charge in [-0.3, -0.25) is 0 Å². The predicted molar refractivity (Wildman–Crippen MR) is 85.8 cm³/mol. The first-order valence-corrected chi connectivity index (χ1v) is 7.55. The Balaban J connectivity index is 2.28. The quantitative estimate of drug-likeness (QED) is 0.808. The first kappa shape index (κ1) is 15.5. The summed E-state index contributed by atoms with van der Waals surface area (Å²) in [4.78, 5) is 0. The minimum Gasteiger partial charge on any atom is -0.313 e. The number of hydrogen-bond donors (Lipinski definition) is 1. The monoisotopic (exact) mass is 355 g/mol. The molecule has 0 fully saturated rings. The lowest BCUT2D eigenvalue weighted by molar-refractivity contribution is 0.554. The van der Waals surface area contributed by atoms with Gasteiger partial charge in [0.15, 0.2) is 0 Å². The lowest BCUT2D eigenvalue weighted by Gasteiger charge is -2.18. The Bertz CT molecular complexity index is 595. The van der Waals surface area contributed by atoms with E-state index < -0.39 is 0 Å². The molecule has 20 heavy (non-hydrogen) atoms. The van der Waals surface area contributed by atoms with Crippen LogP contribution in [0.25, 0.3) is 0 Å². The van der Waals surface area contributed by atoms with Gasteiger partial charge in [0, 0.05) is 15.5 Å². The highest BCUT2D eigenvalue weighted by atomic mass is 79.9. The number of aryl methyl sites for hydroxylation is 1. The van der Waals surface area contributed by atoms with Crippen LogP contribution in [0, 0.1) is 12.7 Å². The number of likely N-dealkylation sites (N-methyl/N-ethyl adjacent to an activating group) is 1. The fraction of sp³-hybridized carbons (Fsp3) is 0.250. The van der Waals surface area contributed by atoms with Crippen molar-refractivity contribution in [2.45, 2.75) is 19.4 Å². The molecule has 0 aromatic heterocycles. The van der Waals surface area contributed by atoms with Crippen LogP contribution in [0.15, 0.2) is 40.9 Å². The molecule has 2 aromatic carbocycles. The van der Waals surface area contributed by atoms with E-state index in [-0.39, 0.29) is 11.9 Å². The molecule has 106 valence electrons. The van der Waals surface area contributed by atoms with E-state index in [9.17, 15) is 4.39 Å². The minimum absolute atomic E-state index is 0.0306. The summed E-state index contributed by atoms with van der Waals surface area (Å²) in [7, 11) is 1.87. The van der Waals surface area contributed by atoms with E-state index in [4.69, 9.17) is 11.6 Å². The van der Waals surface area contributed by atoms with Crippen LogP contribution in [0.4, 0.5) is 4.39 Å². The largest absolute Gasteiger partial charge is 0.313 e. The van der Waals surface area contributed by atoms with Gasteiger partial charge < -0.3 is 5.32 Å². The normalized spacial score (nSPS) is 12.4. The molecule has 4 heteroatoms. The Morgan fingerprint density at radius 1 is 1.25 bits per heavy atom. The number of nitrogens with one attached hydrogen (secondary N) is 1. The highest BCUT2D eigenvalue weighted by Crippen LogP contribution is 2.25. The van der Waals surface area contributed by atoms with Crippen LogP contribution in [0.5, 0.6) is 0 Å². The van der Waals surface area contributed by atoms with Gasteiger partial charge in [0.2, 0.25) is 0 Å². The maximum Gasteiger partial charge on any atom is 0.127 e. The van der Waals surface area contributed by atoms with E-state index in [1.807, 2.05) is 32.2 Å². The Morgan fingerprint density at radius 3 is 2.60 bits per heavy atom. The third-order valence-electron chi connectivity index (χ3n) is 3.25. The number of hydrogen-bond acceptors (Lipinski definition) is 1. The van der Waals surface area contributed by atoms with Crippen LogP contribution < -0.4 is 5.32 Å². The molecule has 0 aliphatic carbocycles. The SMILES string of the molecule is CNC(Cc1ccc(Br)cc1F)c1cc(C)cc(Cl)c1. The first-order valence-electron chi connectivity index (χ1n) is 6.38. The zero-order valence-electron chi connectivity index (χ0n) is 11.4. The van der Waals surface area contributed by atoms with Gasteiger partial charge in [0.25, 0.3) is 0 Å². The number of benzene rings is 2. The van der Waals surface area contributed by atoms with Crippen LogP contribution in [0.3, 0.4) is 0 Å². The van der Waals surface area contributed by atoms with Crippen molar-refractivity contribution in [3.05, 3.63) is 68.4 Å². The van der Waals surface area contributed by atoms with Gasteiger partial charge in [-0.2, -0.15) is 0 Å². The van der Waals surface area contributed by atoms with Gasteiger partial charge in [-0.1, -0.05) is 39.7 Å². The molecule has 0 saturated carbocycles. The Labute approximate surface area is 132 Å². The molecule has 1 unspecified atom stereocenters. The van der Waals surface area contributed by atoms with Gasteiger partial charge in [0.05, 0.1) is 0 Å². The zero-order valence-corrected chi connectivity index (χ0v) is 13.7. The predicted octanol–water partition coefficient (Wildman–Crippen LogP) is 5.05. The van der Waals surface area contributed by atoms with Crippen molar-refractivity contribution < 1.29 is 4.39 Å². The van der Waals surface area contributed by atoms with Gasteiger partial charge in [0.1, 0.15) is 5.82 Å². The van der Waals surface area contributed by atoms with Gasteiger partial charge >= 0.3 is 0 Å². The molecular weight excluding hydrogens is 341 g/mol. The van der Waals surface area contributed by atoms with Crippen molar-refractivity contribution in [2.24, 2.45) is 0 Å². The summed E-state index contributed by atoms with van der Waals surface area (Å²) >= 11 is 9.37. The second-order valence-electron chi connectivity index (χ2n) is 4.84. The Hall–Kier alpha value is -0.900. The molecule has 0 heterocycles. The van der Waals surface area contributed by atoms with Gasteiger partial charge in [-0.05, 0) is 61.3 Å². The standard InChI is InChI=1S/C16H16BrClFN/c1-10-5-12(7-14(18)6-10)16(20-2)8-11-3-4-13(17)9-15(11)19/h3-7,9,16,20H,8H2,1-2H3. The number of halogens is 3. The van der Waals surface area contributed by atoms with Crippen molar-refractivity contribution >= 4 is 27.5 Å². The molecule has 2 rings (SSSR count). The second-order valence-corrected chi connectivity index (χ2v) is 6.20. The van der Waals surface area contributed by atoms with Crippen LogP contribution in [0.1, 0.15) is 22.7 Å².